The Hall–Kier alpha value is -1.11. The molecule has 0 aliphatic carbocycles. The van der Waals surface area contributed by atoms with Crippen LogP contribution in [0.1, 0.15) is 13.3 Å². The molecule has 0 heterocycles. The van der Waals surface area contributed by atoms with Gasteiger partial charge < -0.3 is 10.4 Å². The van der Waals surface area contributed by atoms with Gasteiger partial charge in [-0.1, -0.05) is 12.1 Å². The Morgan fingerprint density at radius 1 is 1.44 bits per heavy atom. The van der Waals surface area contributed by atoms with E-state index in [2.05, 4.69) is 5.32 Å². The van der Waals surface area contributed by atoms with Gasteiger partial charge in [-0.15, -0.1) is 0 Å². The van der Waals surface area contributed by atoms with Crippen LogP contribution in [-0.2, 0) is 10.0 Å². The molecule has 6 heteroatoms. The topological polar surface area (TPSA) is 92.4 Å². The van der Waals surface area contributed by atoms with Crippen LogP contribution < -0.4 is 10.5 Å². The number of aliphatic hydroxyl groups excluding tert-OH is 1. The van der Waals surface area contributed by atoms with Crippen molar-refractivity contribution in [2.45, 2.75) is 24.3 Å². The smallest absolute Gasteiger partial charge is 0.240 e. The number of primary sulfonamides is 1. The molecule has 1 atom stereocenters. The molecule has 0 aromatic heterocycles. The second-order valence-corrected chi connectivity index (χ2v) is 5.13. The molecule has 0 aliphatic rings. The number of sulfonamides is 1. The van der Waals surface area contributed by atoms with Crippen molar-refractivity contribution in [3.8, 4) is 0 Å². The maximum absolute atomic E-state index is 11.3. The number of anilines is 1. The molecule has 1 aromatic carbocycles. The molecule has 0 spiro atoms. The van der Waals surface area contributed by atoms with Gasteiger partial charge in [0.15, 0.2) is 0 Å². The van der Waals surface area contributed by atoms with Crippen molar-refractivity contribution >= 4 is 15.7 Å². The number of para-hydroxylation sites is 1. The lowest BCUT2D eigenvalue weighted by Crippen LogP contribution is -2.20. The van der Waals surface area contributed by atoms with E-state index in [4.69, 9.17) is 10.2 Å². The average Bonchev–Trinajstić information content (AvgIpc) is 2.17. The van der Waals surface area contributed by atoms with Gasteiger partial charge in [0.1, 0.15) is 4.90 Å². The minimum Gasteiger partial charge on any atom is -0.396 e. The fraction of sp³-hybridized carbons (Fsp3) is 0.400. The molecule has 0 radical (unpaired) electrons. The van der Waals surface area contributed by atoms with Crippen molar-refractivity contribution in [2.24, 2.45) is 5.14 Å². The Balaban J connectivity index is 2.96. The van der Waals surface area contributed by atoms with E-state index in [0.717, 1.165) is 0 Å². The average molecular weight is 244 g/mol. The lowest BCUT2D eigenvalue weighted by Gasteiger charge is -2.16. The summed E-state index contributed by atoms with van der Waals surface area (Å²) in [6, 6.07) is 6.41. The quantitative estimate of drug-likeness (QED) is 0.704. The Bertz CT molecular complexity index is 445. The molecule has 0 aliphatic heterocycles. The third kappa shape index (κ3) is 3.48. The lowest BCUT2D eigenvalue weighted by molar-refractivity contribution is 0.282. The number of benzene rings is 1. The summed E-state index contributed by atoms with van der Waals surface area (Å²) in [4.78, 5) is 0.0692. The molecule has 1 aromatic rings. The third-order valence-corrected chi connectivity index (χ3v) is 3.13. The summed E-state index contributed by atoms with van der Waals surface area (Å²) >= 11 is 0. The molecule has 4 N–H and O–H groups in total. The van der Waals surface area contributed by atoms with E-state index in [1.165, 1.54) is 6.07 Å². The molecule has 0 amide bonds. The molecule has 0 saturated heterocycles. The molecule has 5 nitrogen and oxygen atoms in total. The van der Waals surface area contributed by atoms with Crippen LogP contribution in [0.5, 0.6) is 0 Å². The second-order valence-electron chi connectivity index (χ2n) is 3.60. The maximum atomic E-state index is 11.3. The highest BCUT2D eigenvalue weighted by Gasteiger charge is 2.14. The summed E-state index contributed by atoms with van der Waals surface area (Å²) in [7, 11) is -3.72. The first kappa shape index (κ1) is 13.0. The van der Waals surface area contributed by atoms with Gasteiger partial charge in [-0.05, 0) is 25.5 Å². The lowest BCUT2D eigenvalue weighted by atomic mass is 10.2. The van der Waals surface area contributed by atoms with Crippen molar-refractivity contribution in [3.63, 3.8) is 0 Å². The van der Waals surface area contributed by atoms with E-state index in [1.807, 2.05) is 6.92 Å². The minimum atomic E-state index is -3.72. The molecule has 0 saturated carbocycles. The molecular formula is C10H16N2O3S. The highest BCUT2D eigenvalue weighted by atomic mass is 32.2. The predicted octanol–water partition coefficient (Wildman–Crippen LogP) is 0.517. The SMILES string of the molecule is CC(CCO)Nc1ccccc1S(N)(=O)=O. The number of hydrogen-bond donors (Lipinski definition) is 3. The van der Waals surface area contributed by atoms with Crippen molar-refractivity contribution < 1.29 is 13.5 Å². The van der Waals surface area contributed by atoms with E-state index in [0.29, 0.717) is 12.1 Å². The van der Waals surface area contributed by atoms with Crippen LogP contribution in [0.25, 0.3) is 0 Å². The summed E-state index contributed by atoms with van der Waals surface area (Å²) in [5, 5.41) is 16.8. The Morgan fingerprint density at radius 3 is 2.62 bits per heavy atom. The summed E-state index contributed by atoms with van der Waals surface area (Å²) in [6.07, 6.45) is 0.541. The Labute approximate surface area is 95.3 Å². The number of nitrogens with one attached hydrogen (secondary N) is 1. The van der Waals surface area contributed by atoms with Crippen LogP contribution in [0.15, 0.2) is 29.2 Å². The van der Waals surface area contributed by atoms with Crippen molar-refractivity contribution in [1.29, 1.82) is 0 Å². The zero-order valence-electron chi connectivity index (χ0n) is 9.05. The van der Waals surface area contributed by atoms with Gasteiger partial charge in [-0.2, -0.15) is 0 Å². The molecule has 90 valence electrons. The summed E-state index contributed by atoms with van der Waals surface area (Å²) in [5.74, 6) is 0. The van der Waals surface area contributed by atoms with Crippen LogP contribution in [0, 0.1) is 0 Å². The van der Waals surface area contributed by atoms with Crippen LogP contribution in [0.4, 0.5) is 5.69 Å². The summed E-state index contributed by atoms with van der Waals surface area (Å²) < 4.78 is 22.6. The molecule has 0 bridgehead atoms. The zero-order chi connectivity index (χ0) is 12.2. The highest BCUT2D eigenvalue weighted by molar-refractivity contribution is 7.89. The van der Waals surface area contributed by atoms with Crippen molar-refractivity contribution in [2.75, 3.05) is 11.9 Å². The fourth-order valence-corrected chi connectivity index (χ4v) is 2.07. The standard InChI is InChI=1S/C10H16N2O3S/c1-8(6-7-13)12-9-4-2-3-5-10(9)16(11,14)15/h2-5,8,12-13H,6-7H2,1H3,(H2,11,14,15). The van der Waals surface area contributed by atoms with Crippen LogP contribution in [0.2, 0.25) is 0 Å². The first-order valence-corrected chi connectivity index (χ1v) is 6.49. The molecule has 16 heavy (non-hydrogen) atoms. The third-order valence-electron chi connectivity index (χ3n) is 2.16. The van der Waals surface area contributed by atoms with E-state index in [1.54, 1.807) is 18.2 Å². The van der Waals surface area contributed by atoms with E-state index >= 15 is 0 Å². The van der Waals surface area contributed by atoms with Gasteiger partial charge in [0, 0.05) is 12.6 Å². The Morgan fingerprint density at radius 2 is 2.06 bits per heavy atom. The van der Waals surface area contributed by atoms with E-state index in [-0.39, 0.29) is 17.5 Å². The van der Waals surface area contributed by atoms with Gasteiger partial charge in [-0.25, -0.2) is 13.6 Å². The summed E-state index contributed by atoms with van der Waals surface area (Å²) in [5.41, 5.74) is 0.464. The maximum Gasteiger partial charge on any atom is 0.240 e. The first-order chi connectivity index (χ1) is 7.45. The first-order valence-electron chi connectivity index (χ1n) is 4.94. The normalized spacial score (nSPS) is 13.4. The van der Waals surface area contributed by atoms with Crippen LogP contribution in [-0.4, -0.2) is 26.2 Å². The molecule has 1 rings (SSSR count). The van der Waals surface area contributed by atoms with Crippen molar-refractivity contribution in [3.05, 3.63) is 24.3 Å². The largest absolute Gasteiger partial charge is 0.396 e. The van der Waals surface area contributed by atoms with Crippen molar-refractivity contribution in [1.82, 2.24) is 0 Å². The van der Waals surface area contributed by atoms with Gasteiger partial charge in [0.2, 0.25) is 10.0 Å². The highest BCUT2D eigenvalue weighted by Crippen LogP contribution is 2.20. The zero-order valence-corrected chi connectivity index (χ0v) is 9.87. The molecule has 0 fully saturated rings. The molecular weight excluding hydrogens is 228 g/mol. The van der Waals surface area contributed by atoms with E-state index in [9.17, 15) is 8.42 Å². The van der Waals surface area contributed by atoms with Crippen LogP contribution in [0.3, 0.4) is 0 Å². The monoisotopic (exact) mass is 244 g/mol. The number of hydrogen-bond acceptors (Lipinski definition) is 4. The van der Waals surface area contributed by atoms with Crippen LogP contribution >= 0.6 is 0 Å². The number of rotatable bonds is 5. The molecule has 1 unspecified atom stereocenters. The summed E-state index contributed by atoms with van der Waals surface area (Å²) in [6.45, 7) is 1.90. The number of nitrogens with two attached hydrogens (primary N) is 1. The number of aliphatic hydroxyl groups is 1. The second kappa shape index (κ2) is 5.29. The Kier molecular flexibility index (Phi) is 4.28. The minimum absolute atomic E-state index is 0.0205. The van der Waals surface area contributed by atoms with Gasteiger partial charge in [0.25, 0.3) is 0 Å². The fourth-order valence-electron chi connectivity index (χ4n) is 1.37. The van der Waals surface area contributed by atoms with E-state index < -0.39 is 10.0 Å². The van der Waals surface area contributed by atoms with Gasteiger partial charge in [-0.3, -0.25) is 0 Å². The predicted molar refractivity (Wildman–Crippen MR) is 62.6 cm³/mol. The van der Waals surface area contributed by atoms with Gasteiger partial charge in [0.05, 0.1) is 5.69 Å². The van der Waals surface area contributed by atoms with Gasteiger partial charge >= 0.3 is 0 Å².